The van der Waals surface area contributed by atoms with E-state index in [-0.39, 0.29) is 17.8 Å². The SMILES string of the molecule is CC(=O)N1CCCCCC1c1noc(-c2ccc(F)cc2)n1. The maximum atomic E-state index is 13.0. The number of benzene rings is 1. The van der Waals surface area contributed by atoms with Gasteiger partial charge in [-0.05, 0) is 37.1 Å². The Kier molecular flexibility index (Phi) is 4.18. The average Bonchev–Trinajstić information content (AvgIpc) is 2.85. The molecule has 0 bridgehead atoms. The number of carbonyl (C=O) groups excluding carboxylic acids is 1. The van der Waals surface area contributed by atoms with Gasteiger partial charge >= 0.3 is 0 Å². The van der Waals surface area contributed by atoms with E-state index in [2.05, 4.69) is 10.1 Å². The van der Waals surface area contributed by atoms with Crippen LogP contribution in [0.1, 0.15) is 44.5 Å². The van der Waals surface area contributed by atoms with Gasteiger partial charge in [0, 0.05) is 19.0 Å². The lowest BCUT2D eigenvalue weighted by Crippen LogP contribution is -2.33. The first kappa shape index (κ1) is 14.7. The molecule has 1 aliphatic heterocycles. The normalized spacial score (nSPS) is 19.0. The van der Waals surface area contributed by atoms with E-state index in [1.54, 1.807) is 19.1 Å². The molecule has 2 heterocycles. The van der Waals surface area contributed by atoms with Crippen LogP contribution in [0.25, 0.3) is 11.5 Å². The van der Waals surface area contributed by atoms with Gasteiger partial charge in [-0.25, -0.2) is 4.39 Å². The highest BCUT2D eigenvalue weighted by molar-refractivity contribution is 5.73. The zero-order chi connectivity index (χ0) is 15.5. The van der Waals surface area contributed by atoms with Crippen molar-refractivity contribution in [2.45, 2.75) is 38.6 Å². The minimum absolute atomic E-state index is 0.0278. The number of aromatic nitrogens is 2. The highest BCUT2D eigenvalue weighted by Crippen LogP contribution is 2.30. The number of rotatable bonds is 2. The second kappa shape index (κ2) is 6.25. The number of hydrogen-bond acceptors (Lipinski definition) is 4. The number of halogens is 1. The Bertz CT molecular complexity index is 654. The van der Waals surface area contributed by atoms with Crippen molar-refractivity contribution in [3.05, 3.63) is 35.9 Å². The van der Waals surface area contributed by atoms with E-state index in [1.165, 1.54) is 12.1 Å². The molecule has 1 unspecified atom stereocenters. The maximum Gasteiger partial charge on any atom is 0.258 e. The van der Waals surface area contributed by atoms with Crippen LogP contribution in [0.5, 0.6) is 0 Å². The lowest BCUT2D eigenvalue weighted by atomic mass is 10.1. The Balaban J connectivity index is 1.87. The van der Waals surface area contributed by atoms with Gasteiger partial charge in [0.2, 0.25) is 5.91 Å². The Hall–Kier alpha value is -2.24. The molecule has 0 saturated carbocycles. The Morgan fingerprint density at radius 1 is 1.27 bits per heavy atom. The quantitative estimate of drug-likeness (QED) is 0.853. The fourth-order valence-corrected chi connectivity index (χ4v) is 2.83. The summed E-state index contributed by atoms with van der Waals surface area (Å²) in [5.74, 6) is 0.592. The van der Waals surface area contributed by atoms with Crippen LogP contribution >= 0.6 is 0 Å². The van der Waals surface area contributed by atoms with E-state index in [1.807, 2.05) is 4.90 Å². The number of hydrogen-bond donors (Lipinski definition) is 0. The summed E-state index contributed by atoms with van der Waals surface area (Å²) in [6.07, 6.45) is 3.97. The molecule has 116 valence electrons. The summed E-state index contributed by atoms with van der Waals surface area (Å²) in [7, 11) is 0. The van der Waals surface area contributed by atoms with E-state index in [0.29, 0.717) is 17.3 Å². The van der Waals surface area contributed by atoms with E-state index in [4.69, 9.17) is 4.52 Å². The summed E-state index contributed by atoms with van der Waals surface area (Å²) in [5.41, 5.74) is 0.670. The van der Waals surface area contributed by atoms with Crippen LogP contribution < -0.4 is 0 Å². The second-order valence-corrected chi connectivity index (χ2v) is 5.54. The van der Waals surface area contributed by atoms with Crippen molar-refractivity contribution >= 4 is 5.91 Å². The molecule has 0 spiro atoms. The first-order chi connectivity index (χ1) is 10.6. The van der Waals surface area contributed by atoms with Crippen molar-refractivity contribution in [3.63, 3.8) is 0 Å². The zero-order valence-corrected chi connectivity index (χ0v) is 12.5. The third kappa shape index (κ3) is 3.00. The molecular formula is C16H18FN3O2. The van der Waals surface area contributed by atoms with Crippen molar-refractivity contribution in [1.82, 2.24) is 15.0 Å². The van der Waals surface area contributed by atoms with E-state index in [9.17, 15) is 9.18 Å². The molecule has 1 aliphatic rings. The summed E-state index contributed by atoms with van der Waals surface area (Å²) in [4.78, 5) is 18.1. The van der Waals surface area contributed by atoms with Crippen molar-refractivity contribution in [3.8, 4) is 11.5 Å². The summed E-state index contributed by atoms with van der Waals surface area (Å²) < 4.78 is 18.3. The lowest BCUT2D eigenvalue weighted by Gasteiger charge is -2.26. The summed E-state index contributed by atoms with van der Waals surface area (Å²) >= 11 is 0. The topological polar surface area (TPSA) is 59.2 Å². The number of amides is 1. The molecule has 0 N–H and O–H groups in total. The first-order valence-electron chi connectivity index (χ1n) is 7.52. The van der Waals surface area contributed by atoms with E-state index in [0.717, 1.165) is 32.2 Å². The molecule has 1 saturated heterocycles. The van der Waals surface area contributed by atoms with Crippen LogP contribution in [0.3, 0.4) is 0 Å². The van der Waals surface area contributed by atoms with Crippen LogP contribution in [-0.4, -0.2) is 27.5 Å². The lowest BCUT2D eigenvalue weighted by molar-refractivity contribution is -0.131. The second-order valence-electron chi connectivity index (χ2n) is 5.54. The fourth-order valence-electron chi connectivity index (χ4n) is 2.83. The minimum Gasteiger partial charge on any atom is -0.334 e. The maximum absolute atomic E-state index is 13.0. The third-order valence-electron chi connectivity index (χ3n) is 3.99. The molecule has 1 fully saturated rings. The monoisotopic (exact) mass is 303 g/mol. The number of carbonyl (C=O) groups is 1. The molecule has 22 heavy (non-hydrogen) atoms. The molecule has 1 aromatic carbocycles. The molecule has 3 rings (SSSR count). The number of nitrogens with zero attached hydrogens (tertiary/aromatic N) is 3. The first-order valence-corrected chi connectivity index (χ1v) is 7.52. The predicted molar refractivity (Wildman–Crippen MR) is 78.3 cm³/mol. The average molecular weight is 303 g/mol. The molecule has 0 radical (unpaired) electrons. The Morgan fingerprint density at radius 3 is 2.77 bits per heavy atom. The van der Waals surface area contributed by atoms with E-state index >= 15 is 0 Å². The standard InChI is InChI=1S/C16H18FN3O2/c1-11(21)20-10-4-2-3-5-14(20)15-18-16(22-19-15)12-6-8-13(17)9-7-12/h6-9,14H,2-5,10H2,1H3. The molecule has 5 nitrogen and oxygen atoms in total. The van der Waals surface area contributed by atoms with Gasteiger partial charge in [-0.15, -0.1) is 0 Å². The van der Waals surface area contributed by atoms with Gasteiger partial charge in [-0.1, -0.05) is 18.0 Å². The summed E-state index contributed by atoms with van der Waals surface area (Å²) in [6, 6.07) is 5.77. The van der Waals surface area contributed by atoms with Crippen molar-refractivity contribution in [2.75, 3.05) is 6.54 Å². The molecular weight excluding hydrogens is 285 g/mol. The van der Waals surface area contributed by atoms with Crippen molar-refractivity contribution in [2.24, 2.45) is 0 Å². The smallest absolute Gasteiger partial charge is 0.258 e. The van der Waals surface area contributed by atoms with Gasteiger partial charge in [-0.3, -0.25) is 4.79 Å². The van der Waals surface area contributed by atoms with Gasteiger partial charge in [0.25, 0.3) is 5.89 Å². The zero-order valence-electron chi connectivity index (χ0n) is 12.5. The Morgan fingerprint density at radius 2 is 2.05 bits per heavy atom. The van der Waals surface area contributed by atoms with Crippen molar-refractivity contribution in [1.29, 1.82) is 0 Å². The minimum atomic E-state index is -0.310. The highest BCUT2D eigenvalue weighted by Gasteiger charge is 2.28. The van der Waals surface area contributed by atoms with Crippen LogP contribution in [0.4, 0.5) is 4.39 Å². The van der Waals surface area contributed by atoms with Gasteiger partial charge < -0.3 is 9.42 Å². The molecule has 1 amide bonds. The van der Waals surface area contributed by atoms with Crippen LogP contribution in [0.15, 0.2) is 28.8 Å². The van der Waals surface area contributed by atoms with Gasteiger partial charge in [0.05, 0.1) is 6.04 Å². The summed E-state index contributed by atoms with van der Waals surface area (Å²) in [6.45, 7) is 2.29. The molecule has 1 aromatic heterocycles. The fraction of sp³-hybridized carbons (Fsp3) is 0.438. The third-order valence-corrected chi connectivity index (χ3v) is 3.99. The highest BCUT2D eigenvalue weighted by atomic mass is 19.1. The van der Waals surface area contributed by atoms with Gasteiger partial charge in [-0.2, -0.15) is 4.98 Å². The summed E-state index contributed by atoms with van der Waals surface area (Å²) in [5, 5.41) is 4.04. The number of likely N-dealkylation sites (tertiary alicyclic amines) is 1. The predicted octanol–water partition coefficient (Wildman–Crippen LogP) is 3.34. The Labute approximate surface area is 128 Å². The largest absolute Gasteiger partial charge is 0.334 e. The molecule has 1 atom stereocenters. The van der Waals surface area contributed by atoms with Crippen LogP contribution in [-0.2, 0) is 4.79 Å². The van der Waals surface area contributed by atoms with Gasteiger partial charge in [0.1, 0.15) is 5.82 Å². The molecule has 6 heteroatoms. The van der Waals surface area contributed by atoms with Crippen LogP contribution in [0, 0.1) is 5.82 Å². The van der Waals surface area contributed by atoms with Crippen molar-refractivity contribution < 1.29 is 13.7 Å². The molecule has 0 aliphatic carbocycles. The van der Waals surface area contributed by atoms with Gasteiger partial charge in [0.15, 0.2) is 5.82 Å². The van der Waals surface area contributed by atoms with Crippen LogP contribution in [0.2, 0.25) is 0 Å². The molecule has 2 aromatic rings. The van der Waals surface area contributed by atoms with E-state index < -0.39 is 0 Å².